The van der Waals surface area contributed by atoms with E-state index < -0.39 is 17.8 Å². The van der Waals surface area contributed by atoms with E-state index in [2.05, 4.69) is 5.32 Å². The first kappa shape index (κ1) is 20.6. The van der Waals surface area contributed by atoms with Crippen molar-refractivity contribution in [3.63, 3.8) is 0 Å². The van der Waals surface area contributed by atoms with E-state index in [0.717, 1.165) is 17.9 Å². The zero-order valence-corrected chi connectivity index (χ0v) is 19.0. The molecule has 0 aromatic heterocycles. The van der Waals surface area contributed by atoms with Gasteiger partial charge in [0.05, 0.1) is 16.6 Å². The van der Waals surface area contributed by atoms with Gasteiger partial charge in [0, 0.05) is 10.9 Å². The van der Waals surface area contributed by atoms with Crippen LogP contribution in [-0.2, 0) is 11.0 Å². The average molecular weight is 492 g/mol. The fraction of sp³-hybridized carbons (Fsp3) is 0.500. The molecule has 33 heavy (non-hydrogen) atoms. The van der Waals surface area contributed by atoms with Gasteiger partial charge in [0.25, 0.3) is 0 Å². The molecule has 172 valence electrons. The summed E-state index contributed by atoms with van der Waals surface area (Å²) in [4.78, 5) is 13.7. The molecule has 7 heteroatoms. The van der Waals surface area contributed by atoms with E-state index in [9.17, 15) is 18.0 Å². The Morgan fingerprint density at radius 1 is 0.848 bits per heavy atom. The number of hydrogen-bond acceptors (Lipinski definition) is 1. The maximum absolute atomic E-state index is 13.7. The third-order valence-corrected chi connectivity index (χ3v) is 10.3. The van der Waals surface area contributed by atoms with E-state index in [4.69, 9.17) is 23.2 Å². The van der Waals surface area contributed by atoms with Gasteiger partial charge in [0.2, 0.25) is 5.91 Å². The second-order valence-corrected chi connectivity index (χ2v) is 11.5. The summed E-state index contributed by atoms with van der Waals surface area (Å²) in [7, 11) is 0. The molecule has 2 aromatic carbocycles. The molecule has 5 aliphatic carbocycles. The molecule has 10 unspecified atom stereocenters. The van der Waals surface area contributed by atoms with Gasteiger partial charge in [-0.15, -0.1) is 0 Å². The van der Waals surface area contributed by atoms with Crippen LogP contribution >= 0.6 is 23.2 Å². The highest BCUT2D eigenvalue weighted by Gasteiger charge is 2.81. The van der Waals surface area contributed by atoms with Crippen LogP contribution in [0.1, 0.15) is 35.6 Å². The van der Waals surface area contributed by atoms with Crippen LogP contribution in [0.2, 0.25) is 10.0 Å². The number of hydrogen-bond donors (Lipinski definition) is 1. The van der Waals surface area contributed by atoms with Gasteiger partial charge in [-0.3, -0.25) is 4.79 Å². The molecular formula is C26H22Cl2F3NO. The van der Waals surface area contributed by atoms with Gasteiger partial charge in [0.15, 0.2) is 0 Å². The van der Waals surface area contributed by atoms with Crippen LogP contribution in [0, 0.1) is 53.3 Å². The fourth-order valence-electron chi connectivity index (χ4n) is 9.02. The van der Waals surface area contributed by atoms with Crippen molar-refractivity contribution in [1.29, 1.82) is 0 Å². The van der Waals surface area contributed by atoms with Gasteiger partial charge >= 0.3 is 6.18 Å². The first-order chi connectivity index (χ1) is 15.7. The summed E-state index contributed by atoms with van der Waals surface area (Å²) in [6, 6.07) is 10.1. The zero-order chi connectivity index (χ0) is 22.8. The lowest BCUT2D eigenvalue weighted by Gasteiger charge is -2.47. The zero-order valence-electron chi connectivity index (χ0n) is 17.5. The number of fused-ring (bicyclic) bond motifs is 2. The molecular weight excluding hydrogens is 470 g/mol. The molecule has 0 radical (unpaired) electrons. The number of nitrogens with one attached hydrogen (secondary N) is 1. The number of carbonyl (C=O) groups is 1. The van der Waals surface area contributed by atoms with Gasteiger partial charge in [-0.05, 0) is 95.6 Å². The van der Waals surface area contributed by atoms with E-state index in [1.165, 1.54) is 18.9 Å². The van der Waals surface area contributed by atoms with Crippen LogP contribution in [0.4, 0.5) is 13.2 Å². The molecule has 1 amide bonds. The number of halogens is 5. The summed E-state index contributed by atoms with van der Waals surface area (Å²) in [5.74, 6) is 5.35. The van der Waals surface area contributed by atoms with Gasteiger partial charge in [-0.25, -0.2) is 0 Å². The van der Waals surface area contributed by atoms with Crippen LogP contribution in [0.15, 0.2) is 42.5 Å². The smallest absolute Gasteiger partial charge is 0.345 e. The Kier molecular flexibility index (Phi) is 4.19. The van der Waals surface area contributed by atoms with Crippen molar-refractivity contribution in [2.24, 2.45) is 53.3 Å². The van der Waals surface area contributed by atoms with Crippen molar-refractivity contribution in [2.75, 3.05) is 0 Å². The van der Waals surface area contributed by atoms with Crippen LogP contribution in [0.25, 0.3) is 0 Å². The van der Waals surface area contributed by atoms with Crippen molar-refractivity contribution in [1.82, 2.24) is 5.32 Å². The molecule has 7 rings (SSSR count). The minimum absolute atomic E-state index is 0.00307. The van der Waals surface area contributed by atoms with E-state index in [-0.39, 0.29) is 16.8 Å². The summed E-state index contributed by atoms with van der Waals surface area (Å²) >= 11 is 11.9. The molecule has 2 bridgehead atoms. The van der Waals surface area contributed by atoms with Gasteiger partial charge in [-0.1, -0.05) is 41.4 Å². The first-order valence-electron chi connectivity index (χ1n) is 11.7. The second-order valence-electron chi connectivity index (χ2n) is 10.7. The monoisotopic (exact) mass is 491 g/mol. The van der Waals surface area contributed by atoms with Crippen LogP contribution in [-0.4, -0.2) is 5.91 Å². The van der Waals surface area contributed by atoms with E-state index in [1.54, 1.807) is 30.3 Å². The summed E-state index contributed by atoms with van der Waals surface area (Å²) in [6.45, 7) is 0. The molecule has 5 aliphatic rings. The Balaban J connectivity index is 1.24. The standard InChI is InChI=1S/C26H22Cl2F3NO/c27-12-4-1-10(2-5-12)24(11-3-6-18(28)17(7-11)26(29,30)31)32-25(33)23-20-14-9-15-19-13(14)8-16(20)21(19)22(15)23/h1-7,13-16,19-24H,8-9H2,(H,32,33). The number of benzene rings is 2. The maximum Gasteiger partial charge on any atom is 0.417 e. The summed E-state index contributed by atoms with van der Waals surface area (Å²) in [6.07, 6.45) is -2.00. The van der Waals surface area contributed by atoms with Crippen molar-refractivity contribution < 1.29 is 18.0 Å². The molecule has 2 aromatic rings. The summed E-state index contributed by atoms with van der Waals surface area (Å²) < 4.78 is 40.7. The lowest BCUT2D eigenvalue weighted by Crippen LogP contribution is -2.49. The first-order valence-corrected chi connectivity index (χ1v) is 12.4. The highest BCUT2D eigenvalue weighted by Crippen LogP contribution is 2.84. The van der Waals surface area contributed by atoms with Crippen LogP contribution in [0.3, 0.4) is 0 Å². The summed E-state index contributed by atoms with van der Waals surface area (Å²) in [5, 5.41) is 3.34. The summed E-state index contributed by atoms with van der Waals surface area (Å²) in [5.41, 5.74) is 0.171. The molecule has 2 nitrogen and oxygen atoms in total. The Morgan fingerprint density at radius 3 is 2.18 bits per heavy atom. The van der Waals surface area contributed by atoms with Gasteiger partial charge < -0.3 is 5.32 Å². The Bertz CT molecular complexity index is 1160. The molecule has 10 atom stereocenters. The molecule has 1 N–H and O–H groups in total. The minimum atomic E-state index is -4.58. The van der Waals surface area contributed by atoms with E-state index in [1.807, 2.05) is 0 Å². The van der Waals surface area contributed by atoms with Gasteiger partial charge in [-0.2, -0.15) is 13.2 Å². The minimum Gasteiger partial charge on any atom is -0.345 e. The lowest BCUT2D eigenvalue weighted by atomic mass is 9.57. The molecule has 5 fully saturated rings. The van der Waals surface area contributed by atoms with E-state index in [0.29, 0.717) is 51.7 Å². The highest BCUT2D eigenvalue weighted by atomic mass is 35.5. The van der Waals surface area contributed by atoms with Crippen molar-refractivity contribution in [2.45, 2.75) is 25.1 Å². The number of carbonyl (C=O) groups excluding carboxylic acids is 1. The van der Waals surface area contributed by atoms with Crippen molar-refractivity contribution in [3.8, 4) is 0 Å². The van der Waals surface area contributed by atoms with E-state index >= 15 is 0 Å². The SMILES string of the molecule is O=C(NC(c1ccc(Cl)cc1)c1ccc(Cl)c(C(F)(F)F)c1)C1C2C3CC4C5C3CC2C5C41. The average Bonchev–Trinajstić information content (AvgIpc) is 3.32. The Hall–Kier alpha value is -1.72. The number of rotatable bonds is 4. The fourth-order valence-corrected chi connectivity index (χ4v) is 9.37. The highest BCUT2D eigenvalue weighted by molar-refractivity contribution is 6.31. The van der Waals surface area contributed by atoms with Crippen molar-refractivity contribution in [3.05, 3.63) is 69.2 Å². The maximum atomic E-state index is 13.7. The van der Waals surface area contributed by atoms with Crippen LogP contribution in [0.5, 0.6) is 0 Å². The second kappa shape index (κ2) is 6.69. The van der Waals surface area contributed by atoms with Gasteiger partial charge in [0.1, 0.15) is 0 Å². The molecule has 0 spiro atoms. The predicted octanol–water partition coefficient (Wildman–Crippen LogP) is 6.61. The quantitative estimate of drug-likeness (QED) is 0.511. The number of alkyl halides is 3. The Morgan fingerprint density at radius 2 is 1.48 bits per heavy atom. The topological polar surface area (TPSA) is 29.1 Å². The predicted molar refractivity (Wildman–Crippen MR) is 119 cm³/mol. The lowest BCUT2D eigenvalue weighted by molar-refractivity contribution is -0.137. The van der Waals surface area contributed by atoms with Crippen LogP contribution < -0.4 is 5.32 Å². The molecule has 0 saturated heterocycles. The largest absolute Gasteiger partial charge is 0.417 e. The normalized spacial score (nSPS) is 39.7. The van der Waals surface area contributed by atoms with Crippen molar-refractivity contribution >= 4 is 29.1 Å². The molecule has 0 aliphatic heterocycles. The molecule has 5 saturated carbocycles. The third-order valence-electron chi connectivity index (χ3n) is 9.75. The third kappa shape index (κ3) is 2.67. The number of amides is 1. The Labute approximate surface area is 199 Å². The molecule has 0 heterocycles.